The summed E-state index contributed by atoms with van der Waals surface area (Å²) in [6, 6.07) is 17.7. The largest absolute Gasteiger partial charge is 0.339 e. The number of benzene rings is 1. The second-order valence-corrected chi connectivity index (χ2v) is 7.92. The summed E-state index contributed by atoms with van der Waals surface area (Å²) in [5.74, 6) is 1.97. The number of carbonyl (C=O) groups is 1. The molecule has 4 rings (SSSR count). The van der Waals surface area contributed by atoms with Crippen molar-refractivity contribution in [1.82, 2.24) is 19.9 Å². The first-order chi connectivity index (χ1) is 15.2. The van der Waals surface area contributed by atoms with Crippen LogP contribution in [0.5, 0.6) is 0 Å². The summed E-state index contributed by atoms with van der Waals surface area (Å²) in [7, 11) is 0. The van der Waals surface area contributed by atoms with Crippen molar-refractivity contribution >= 4 is 23.6 Å². The second kappa shape index (κ2) is 9.98. The molecule has 1 saturated heterocycles. The summed E-state index contributed by atoms with van der Waals surface area (Å²) >= 11 is 0. The van der Waals surface area contributed by atoms with Gasteiger partial charge in [0.1, 0.15) is 18.0 Å². The number of hydrogen-bond acceptors (Lipinski definition) is 5. The minimum atomic E-state index is 0.0733. The molecule has 3 aromatic rings. The van der Waals surface area contributed by atoms with E-state index in [-0.39, 0.29) is 5.91 Å². The fraction of sp³-hybridized carbons (Fsp3) is 0.280. The molecule has 0 bridgehead atoms. The van der Waals surface area contributed by atoms with Crippen molar-refractivity contribution in [2.24, 2.45) is 5.92 Å². The van der Waals surface area contributed by atoms with Crippen LogP contribution in [0.2, 0.25) is 0 Å². The van der Waals surface area contributed by atoms with Gasteiger partial charge in [0.05, 0.1) is 0 Å². The van der Waals surface area contributed by atoms with Gasteiger partial charge in [-0.15, -0.1) is 0 Å². The number of carbonyl (C=O) groups excluding carboxylic acids is 1. The number of nitrogens with zero attached hydrogens (tertiary/aromatic N) is 4. The van der Waals surface area contributed by atoms with E-state index in [0.717, 1.165) is 60.9 Å². The Morgan fingerprint density at radius 1 is 1.13 bits per heavy atom. The number of nitrogens with one attached hydrogen (secondary N) is 1. The monoisotopic (exact) mass is 413 g/mol. The number of anilines is 2. The predicted molar refractivity (Wildman–Crippen MR) is 123 cm³/mol. The van der Waals surface area contributed by atoms with Gasteiger partial charge >= 0.3 is 0 Å². The molecule has 1 fully saturated rings. The van der Waals surface area contributed by atoms with Crippen LogP contribution in [0.3, 0.4) is 0 Å². The molecule has 3 heterocycles. The van der Waals surface area contributed by atoms with Crippen molar-refractivity contribution in [2.75, 3.05) is 18.4 Å². The highest BCUT2D eigenvalue weighted by Gasteiger charge is 2.23. The molecule has 0 unspecified atom stereocenters. The van der Waals surface area contributed by atoms with Crippen molar-refractivity contribution in [2.45, 2.75) is 26.2 Å². The third kappa shape index (κ3) is 5.98. The summed E-state index contributed by atoms with van der Waals surface area (Å²) in [5, 5.41) is 3.25. The lowest BCUT2D eigenvalue weighted by Gasteiger charge is -2.32. The molecular weight excluding hydrogens is 386 g/mol. The molecule has 0 radical (unpaired) electrons. The molecule has 1 aromatic carbocycles. The molecule has 158 valence electrons. The van der Waals surface area contributed by atoms with Crippen molar-refractivity contribution in [1.29, 1.82) is 0 Å². The van der Waals surface area contributed by atoms with Crippen molar-refractivity contribution in [3.05, 3.63) is 84.0 Å². The summed E-state index contributed by atoms with van der Waals surface area (Å²) in [5.41, 5.74) is 2.96. The number of amides is 1. The van der Waals surface area contributed by atoms with Crippen molar-refractivity contribution in [3.63, 3.8) is 0 Å². The summed E-state index contributed by atoms with van der Waals surface area (Å²) < 4.78 is 0. The predicted octanol–water partition coefficient (Wildman–Crippen LogP) is 4.42. The molecule has 6 heteroatoms. The SMILES string of the molecule is Cc1cccc(Nc2cc(C[C@H]3CCCN(C(=O)/C=C/c4ccccc4)C3)ncn2)n1. The van der Waals surface area contributed by atoms with Gasteiger partial charge in [0.15, 0.2) is 0 Å². The minimum Gasteiger partial charge on any atom is -0.339 e. The van der Waals surface area contributed by atoms with E-state index in [1.54, 1.807) is 12.4 Å². The molecule has 1 aliphatic rings. The maximum absolute atomic E-state index is 12.7. The van der Waals surface area contributed by atoms with Crippen LogP contribution in [-0.4, -0.2) is 38.8 Å². The molecule has 6 nitrogen and oxygen atoms in total. The van der Waals surface area contributed by atoms with Crippen LogP contribution in [0.1, 0.15) is 29.8 Å². The molecule has 2 aromatic heterocycles. The molecular formula is C25H27N5O. The van der Waals surface area contributed by atoms with Crippen LogP contribution in [0.25, 0.3) is 6.08 Å². The highest BCUT2D eigenvalue weighted by molar-refractivity contribution is 5.91. The van der Waals surface area contributed by atoms with Crippen LogP contribution in [0.4, 0.5) is 11.6 Å². The first-order valence-electron chi connectivity index (χ1n) is 10.7. The van der Waals surface area contributed by atoms with E-state index in [4.69, 9.17) is 0 Å². The Balaban J connectivity index is 1.36. The van der Waals surface area contributed by atoms with E-state index in [0.29, 0.717) is 5.92 Å². The van der Waals surface area contributed by atoms with E-state index in [9.17, 15) is 4.79 Å². The van der Waals surface area contributed by atoms with Gasteiger partial charge in [0.25, 0.3) is 0 Å². The van der Waals surface area contributed by atoms with Gasteiger partial charge < -0.3 is 10.2 Å². The number of rotatable bonds is 6. The Hall–Kier alpha value is -3.54. The van der Waals surface area contributed by atoms with Gasteiger partial charge in [0.2, 0.25) is 5.91 Å². The van der Waals surface area contributed by atoms with Gasteiger partial charge in [-0.05, 0) is 55.9 Å². The number of aryl methyl sites for hydroxylation is 1. The molecule has 31 heavy (non-hydrogen) atoms. The summed E-state index contributed by atoms with van der Waals surface area (Å²) in [6.45, 7) is 3.52. The minimum absolute atomic E-state index is 0.0733. The molecule has 0 aliphatic carbocycles. The normalized spacial score (nSPS) is 16.4. The van der Waals surface area contributed by atoms with Crippen LogP contribution in [0.15, 0.2) is 67.0 Å². The second-order valence-electron chi connectivity index (χ2n) is 7.92. The zero-order valence-corrected chi connectivity index (χ0v) is 17.7. The molecule has 1 atom stereocenters. The van der Waals surface area contributed by atoms with Gasteiger partial charge in [-0.3, -0.25) is 4.79 Å². The van der Waals surface area contributed by atoms with Gasteiger partial charge in [0, 0.05) is 36.6 Å². The first kappa shape index (κ1) is 20.7. The Morgan fingerprint density at radius 2 is 2.00 bits per heavy atom. The van der Waals surface area contributed by atoms with Gasteiger partial charge in [-0.25, -0.2) is 15.0 Å². The van der Waals surface area contributed by atoms with E-state index < -0.39 is 0 Å². The van der Waals surface area contributed by atoms with Crippen molar-refractivity contribution in [3.8, 4) is 0 Å². The lowest BCUT2D eigenvalue weighted by atomic mass is 9.93. The first-order valence-corrected chi connectivity index (χ1v) is 10.7. The highest BCUT2D eigenvalue weighted by atomic mass is 16.2. The van der Waals surface area contributed by atoms with Crippen LogP contribution in [0, 0.1) is 12.8 Å². The standard InChI is InChI=1S/C25H27N5O/c1-19-7-5-11-23(28-19)29-24-16-22(26-18-27-24)15-21-10-6-14-30(17-21)25(31)13-12-20-8-3-2-4-9-20/h2-5,7-9,11-13,16,18,21H,6,10,14-15,17H2,1H3,(H,26,27,28,29)/b13-12+/t21-/m1/s1. The van der Waals surface area contributed by atoms with E-state index >= 15 is 0 Å². The Kier molecular flexibility index (Phi) is 6.67. The van der Waals surface area contributed by atoms with Crippen LogP contribution >= 0.6 is 0 Å². The topological polar surface area (TPSA) is 71.0 Å². The van der Waals surface area contributed by atoms with Crippen molar-refractivity contribution < 1.29 is 4.79 Å². The fourth-order valence-electron chi connectivity index (χ4n) is 3.89. The molecule has 0 saturated carbocycles. The van der Waals surface area contributed by atoms with E-state index in [1.807, 2.05) is 72.5 Å². The Labute approximate surface area is 183 Å². The molecule has 1 amide bonds. The number of piperidine rings is 1. The maximum Gasteiger partial charge on any atom is 0.246 e. The van der Waals surface area contributed by atoms with Gasteiger partial charge in [-0.2, -0.15) is 0 Å². The maximum atomic E-state index is 12.7. The average Bonchev–Trinajstić information content (AvgIpc) is 2.79. The molecule has 1 aliphatic heterocycles. The zero-order valence-electron chi connectivity index (χ0n) is 17.7. The molecule has 1 N–H and O–H groups in total. The smallest absolute Gasteiger partial charge is 0.246 e. The van der Waals surface area contributed by atoms with E-state index in [1.165, 1.54) is 0 Å². The quantitative estimate of drug-likeness (QED) is 0.606. The third-order valence-electron chi connectivity index (χ3n) is 5.41. The number of pyridine rings is 1. The Morgan fingerprint density at radius 3 is 2.84 bits per heavy atom. The lowest BCUT2D eigenvalue weighted by molar-refractivity contribution is -0.127. The fourth-order valence-corrected chi connectivity index (χ4v) is 3.89. The molecule has 0 spiro atoms. The third-order valence-corrected chi connectivity index (χ3v) is 5.41. The average molecular weight is 414 g/mol. The van der Waals surface area contributed by atoms with Gasteiger partial charge in [-0.1, -0.05) is 36.4 Å². The summed E-state index contributed by atoms with van der Waals surface area (Å²) in [6.07, 6.45) is 8.08. The highest BCUT2D eigenvalue weighted by Crippen LogP contribution is 2.22. The van der Waals surface area contributed by atoms with Crippen LogP contribution in [-0.2, 0) is 11.2 Å². The summed E-state index contributed by atoms with van der Waals surface area (Å²) in [4.78, 5) is 27.8. The Bertz CT molecular complexity index is 1050. The van der Waals surface area contributed by atoms with E-state index in [2.05, 4.69) is 20.3 Å². The van der Waals surface area contributed by atoms with Crippen LogP contribution < -0.4 is 5.32 Å². The number of likely N-dealkylation sites (tertiary alicyclic amines) is 1. The number of aromatic nitrogens is 3. The number of hydrogen-bond donors (Lipinski definition) is 1. The lowest BCUT2D eigenvalue weighted by Crippen LogP contribution is -2.39. The zero-order chi connectivity index (χ0) is 21.5.